The number of ether oxygens (including phenoxy) is 2. The molecule has 32 heavy (non-hydrogen) atoms. The molecule has 168 valence electrons. The van der Waals surface area contributed by atoms with Crippen LogP contribution in [-0.4, -0.2) is 42.9 Å². The van der Waals surface area contributed by atoms with Crippen LogP contribution >= 0.6 is 11.8 Å². The highest BCUT2D eigenvalue weighted by Gasteiger charge is 2.29. The molecule has 7 nitrogen and oxygen atoms in total. The second kappa shape index (κ2) is 10.9. The van der Waals surface area contributed by atoms with E-state index >= 15 is 0 Å². The number of halogens is 2. The van der Waals surface area contributed by atoms with Crippen molar-refractivity contribution in [2.24, 2.45) is 0 Å². The lowest BCUT2D eigenvalue weighted by molar-refractivity contribution is -0.124. The van der Waals surface area contributed by atoms with E-state index in [4.69, 9.17) is 4.74 Å². The Morgan fingerprint density at radius 1 is 1.31 bits per heavy atom. The van der Waals surface area contributed by atoms with Gasteiger partial charge in [0.25, 0.3) is 5.91 Å². The Balaban J connectivity index is 1.50. The van der Waals surface area contributed by atoms with Crippen LogP contribution in [-0.2, 0) is 16.0 Å². The molecule has 3 rings (SSSR count). The van der Waals surface area contributed by atoms with Gasteiger partial charge in [-0.15, -0.1) is 11.8 Å². The molecule has 1 heterocycles. The van der Waals surface area contributed by atoms with Gasteiger partial charge >= 0.3 is 12.6 Å². The first-order valence-corrected chi connectivity index (χ1v) is 11.1. The van der Waals surface area contributed by atoms with Gasteiger partial charge in [0.2, 0.25) is 0 Å². The lowest BCUT2D eigenvalue weighted by atomic mass is 10.1. The predicted octanol–water partition coefficient (Wildman–Crippen LogP) is 3.67. The maximum atomic E-state index is 12.5. The Hall–Kier alpha value is -3.19. The van der Waals surface area contributed by atoms with E-state index < -0.39 is 25.1 Å². The average Bonchev–Trinajstić information content (AvgIpc) is 3.62. The first kappa shape index (κ1) is 23.5. The second-order valence-electron chi connectivity index (χ2n) is 7.06. The third-order valence-corrected chi connectivity index (χ3v) is 5.43. The monoisotopic (exact) mass is 461 g/mol. The normalized spacial score (nSPS) is 12.8. The van der Waals surface area contributed by atoms with Crippen LogP contribution in [0.2, 0.25) is 0 Å². The van der Waals surface area contributed by atoms with E-state index in [0.717, 1.165) is 24.1 Å². The van der Waals surface area contributed by atoms with E-state index in [0.29, 0.717) is 17.4 Å². The number of benzene rings is 1. The molecule has 1 N–H and O–H groups in total. The Labute approximate surface area is 188 Å². The SMILES string of the molecule is CSc1nc(C2CC2)cc(C(=O)OCC(=O)NCCc2ccc(OC(F)F)cc2)c1C#N. The number of thioether (sulfide) groups is 1. The molecule has 1 aliphatic rings. The van der Waals surface area contributed by atoms with Crippen LogP contribution in [0.25, 0.3) is 0 Å². The molecule has 0 spiro atoms. The number of nitriles is 1. The van der Waals surface area contributed by atoms with Gasteiger partial charge < -0.3 is 14.8 Å². The number of alkyl halides is 2. The van der Waals surface area contributed by atoms with Gasteiger partial charge in [0, 0.05) is 18.2 Å². The fourth-order valence-electron chi connectivity index (χ4n) is 2.99. The van der Waals surface area contributed by atoms with Crippen LogP contribution in [0.4, 0.5) is 8.78 Å². The molecule has 1 amide bonds. The van der Waals surface area contributed by atoms with Crippen LogP contribution in [0, 0.1) is 11.3 Å². The van der Waals surface area contributed by atoms with Crippen LogP contribution in [0.3, 0.4) is 0 Å². The standard InChI is InChI=1S/C22H21F2N3O4S/c1-32-20-17(11-25)16(10-18(27-20)14-4-5-14)21(29)30-12-19(28)26-9-8-13-2-6-15(7-3-13)31-22(23)24/h2-3,6-7,10,14,22H,4-5,8-9,12H2,1H3,(H,26,28). The van der Waals surface area contributed by atoms with Gasteiger partial charge in [-0.25, -0.2) is 9.78 Å². The molecular formula is C22H21F2N3O4S. The minimum Gasteiger partial charge on any atom is -0.452 e. The van der Waals surface area contributed by atoms with Crippen molar-refractivity contribution in [2.75, 3.05) is 19.4 Å². The van der Waals surface area contributed by atoms with Crippen molar-refractivity contribution in [3.63, 3.8) is 0 Å². The van der Waals surface area contributed by atoms with Crippen molar-refractivity contribution < 1.29 is 27.8 Å². The molecule has 2 aromatic rings. The summed E-state index contributed by atoms with van der Waals surface area (Å²) in [6.45, 7) is -3.10. The van der Waals surface area contributed by atoms with Crippen LogP contribution < -0.4 is 10.1 Å². The van der Waals surface area contributed by atoms with Gasteiger partial charge in [-0.05, 0) is 49.3 Å². The maximum Gasteiger partial charge on any atom is 0.387 e. The zero-order chi connectivity index (χ0) is 23.1. The van der Waals surface area contributed by atoms with E-state index in [-0.39, 0.29) is 23.4 Å². The number of carbonyl (C=O) groups is 2. The summed E-state index contributed by atoms with van der Waals surface area (Å²) >= 11 is 1.28. The Bertz CT molecular complexity index is 1020. The maximum absolute atomic E-state index is 12.5. The number of rotatable bonds is 10. The molecular weight excluding hydrogens is 440 g/mol. The van der Waals surface area contributed by atoms with E-state index in [2.05, 4.69) is 15.0 Å². The summed E-state index contributed by atoms with van der Waals surface area (Å²) in [7, 11) is 0. The summed E-state index contributed by atoms with van der Waals surface area (Å²) in [6, 6.07) is 9.67. The lowest BCUT2D eigenvalue weighted by Crippen LogP contribution is -2.30. The molecule has 0 atom stereocenters. The van der Waals surface area contributed by atoms with Gasteiger partial charge in [0.1, 0.15) is 16.8 Å². The molecule has 1 fully saturated rings. The third kappa shape index (κ3) is 6.40. The molecule has 0 radical (unpaired) electrons. The van der Waals surface area contributed by atoms with Crippen molar-refractivity contribution in [1.82, 2.24) is 10.3 Å². The lowest BCUT2D eigenvalue weighted by Gasteiger charge is -2.11. The van der Waals surface area contributed by atoms with Crippen LogP contribution in [0.1, 0.15) is 45.9 Å². The minimum atomic E-state index is -2.88. The highest BCUT2D eigenvalue weighted by molar-refractivity contribution is 7.98. The Kier molecular flexibility index (Phi) is 8.00. The van der Waals surface area contributed by atoms with Gasteiger partial charge in [0.05, 0.1) is 11.1 Å². The third-order valence-electron chi connectivity index (χ3n) is 4.75. The second-order valence-corrected chi connectivity index (χ2v) is 7.86. The van der Waals surface area contributed by atoms with Crippen molar-refractivity contribution in [3.8, 4) is 11.8 Å². The van der Waals surface area contributed by atoms with Crippen molar-refractivity contribution in [3.05, 3.63) is 52.7 Å². The highest BCUT2D eigenvalue weighted by atomic mass is 32.2. The number of hydrogen-bond donors (Lipinski definition) is 1. The first-order chi connectivity index (χ1) is 15.4. The molecule has 1 aromatic carbocycles. The predicted molar refractivity (Wildman–Crippen MR) is 113 cm³/mol. The Morgan fingerprint density at radius 2 is 2.03 bits per heavy atom. The van der Waals surface area contributed by atoms with E-state index in [1.807, 2.05) is 6.07 Å². The van der Waals surface area contributed by atoms with Crippen LogP contribution in [0.15, 0.2) is 35.4 Å². The van der Waals surface area contributed by atoms with Crippen molar-refractivity contribution >= 4 is 23.6 Å². The van der Waals surface area contributed by atoms with E-state index in [1.54, 1.807) is 24.5 Å². The number of amides is 1. The fraction of sp³-hybridized carbons (Fsp3) is 0.364. The highest BCUT2D eigenvalue weighted by Crippen LogP contribution is 2.40. The van der Waals surface area contributed by atoms with Gasteiger partial charge in [-0.1, -0.05) is 12.1 Å². The van der Waals surface area contributed by atoms with Crippen molar-refractivity contribution in [1.29, 1.82) is 5.26 Å². The Morgan fingerprint density at radius 3 is 2.62 bits per heavy atom. The van der Waals surface area contributed by atoms with Gasteiger partial charge in [-0.3, -0.25) is 4.79 Å². The molecule has 0 aliphatic heterocycles. The van der Waals surface area contributed by atoms with Crippen molar-refractivity contribution in [2.45, 2.75) is 36.8 Å². The number of hydrogen-bond acceptors (Lipinski definition) is 7. The topological polar surface area (TPSA) is 101 Å². The molecule has 0 saturated heterocycles. The number of nitrogens with zero attached hydrogens (tertiary/aromatic N) is 2. The quantitative estimate of drug-likeness (QED) is 0.426. The molecule has 1 aromatic heterocycles. The van der Waals surface area contributed by atoms with Gasteiger partial charge in [-0.2, -0.15) is 14.0 Å². The molecule has 0 bridgehead atoms. The summed E-state index contributed by atoms with van der Waals surface area (Å²) in [6.07, 6.45) is 4.22. The molecule has 1 saturated carbocycles. The first-order valence-electron chi connectivity index (χ1n) is 9.88. The molecule has 1 aliphatic carbocycles. The largest absolute Gasteiger partial charge is 0.452 e. The number of nitrogens with one attached hydrogen (secondary N) is 1. The van der Waals surface area contributed by atoms with Crippen LogP contribution in [0.5, 0.6) is 5.75 Å². The molecule has 10 heteroatoms. The number of carbonyl (C=O) groups excluding carboxylic acids is 2. The van der Waals surface area contributed by atoms with Gasteiger partial charge in [0.15, 0.2) is 6.61 Å². The number of pyridine rings is 1. The summed E-state index contributed by atoms with van der Waals surface area (Å²) in [5, 5.41) is 12.5. The smallest absolute Gasteiger partial charge is 0.387 e. The zero-order valence-electron chi connectivity index (χ0n) is 17.3. The summed E-state index contributed by atoms with van der Waals surface area (Å²) in [5.41, 5.74) is 1.84. The summed E-state index contributed by atoms with van der Waals surface area (Å²) in [4.78, 5) is 29.0. The molecule has 0 unspecified atom stereocenters. The number of esters is 1. The fourth-order valence-corrected chi connectivity index (χ4v) is 3.55. The zero-order valence-corrected chi connectivity index (χ0v) is 18.1. The average molecular weight is 461 g/mol. The van der Waals surface area contributed by atoms with E-state index in [9.17, 15) is 23.6 Å². The summed E-state index contributed by atoms with van der Waals surface area (Å²) < 4.78 is 33.7. The number of aromatic nitrogens is 1. The summed E-state index contributed by atoms with van der Waals surface area (Å²) in [5.74, 6) is -0.886. The minimum absolute atomic E-state index is 0.0574. The van der Waals surface area contributed by atoms with E-state index in [1.165, 1.54) is 23.9 Å².